The van der Waals surface area contributed by atoms with Crippen LogP contribution in [-0.4, -0.2) is 32.1 Å². The first-order chi connectivity index (χ1) is 8.21. The van der Waals surface area contributed by atoms with Gasteiger partial charge < -0.3 is 9.84 Å². The molecule has 0 bridgehead atoms. The van der Waals surface area contributed by atoms with Crippen LogP contribution in [-0.2, 0) is 9.84 Å². The van der Waals surface area contributed by atoms with Crippen molar-refractivity contribution in [3.63, 3.8) is 0 Å². The van der Waals surface area contributed by atoms with Crippen LogP contribution in [0.2, 0.25) is 0 Å². The number of ether oxygens (including phenoxy) is 1. The molecule has 0 amide bonds. The van der Waals surface area contributed by atoms with E-state index >= 15 is 0 Å². The Balaban J connectivity index is 2.38. The third-order valence-electron chi connectivity index (χ3n) is 2.46. The monoisotopic (exact) mass is 282 g/mol. The van der Waals surface area contributed by atoms with E-state index in [-0.39, 0.29) is 16.2 Å². The summed E-state index contributed by atoms with van der Waals surface area (Å²) in [6, 6.07) is 3.72. The summed E-state index contributed by atoms with van der Waals surface area (Å²) in [5.41, 5.74) is -0.0956. The summed E-state index contributed by atoms with van der Waals surface area (Å²) in [5.74, 6) is -0.784. The summed E-state index contributed by atoms with van der Waals surface area (Å²) < 4.78 is 63.8. The molecule has 18 heavy (non-hydrogen) atoms. The summed E-state index contributed by atoms with van der Waals surface area (Å²) in [5, 5.41) is 9.59. The highest BCUT2D eigenvalue weighted by Crippen LogP contribution is 2.39. The molecule has 0 aromatic heterocycles. The fourth-order valence-corrected chi connectivity index (χ4v) is 3.41. The van der Waals surface area contributed by atoms with E-state index in [1.807, 2.05) is 0 Å². The lowest BCUT2D eigenvalue weighted by Crippen LogP contribution is -2.20. The van der Waals surface area contributed by atoms with Gasteiger partial charge in [0, 0.05) is 5.56 Å². The quantitative estimate of drug-likeness (QED) is 0.891. The Morgan fingerprint density at radius 1 is 1.39 bits per heavy atom. The Bertz CT molecular complexity index is 565. The minimum Gasteiger partial charge on any atom is -0.484 e. The van der Waals surface area contributed by atoms with Crippen LogP contribution in [0.3, 0.4) is 0 Å². The molecule has 1 aliphatic heterocycles. The largest absolute Gasteiger partial charge is 0.484 e. The van der Waals surface area contributed by atoms with E-state index < -0.39 is 34.5 Å². The van der Waals surface area contributed by atoms with E-state index in [0.29, 0.717) is 0 Å². The van der Waals surface area contributed by atoms with Gasteiger partial charge in [-0.15, -0.1) is 0 Å². The summed E-state index contributed by atoms with van der Waals surface area (Å²) in [4.78, 5) is -0.172. The maximum atomic E-state index is 12.0. The van der Waals surface area contributed by atoms with Gasteiger partial charge in [-0.1, -0.05) is 6.07 Å². The minimum absolute atomic E-state index is 0.0956. The first-order valence-electron chi connectivity index (χ1n) is 4.94. The second-order valence-electron chi connectivity index (χ2n) is 3.87. The second kappa shape index (κ2) is 4.13. The Morgan fingerprint density at radius 2 is 2.06 bits per heavy atom. The van der Waals surface area contributed by atoms with Gasteiger partial charge >= 0.3 is 6.18 Å². The summed E-state index contributed by atoms with van der Waals surface area (Å²) in [7, 11) is -3.64. The molecule has 2 rings (SSSR count). The third kappa shape index (κ3) is 2.44. The lowest BCUT2D eigenvalue weighted by atomic mass is 10.1. The molecule has 4 nitrogen and oxygen atoms in total. The van der Waals surface area contributed by atoms with Crippen LogP contribution in [0.1, 0.15) is 11.7 Å². The van der Waals surface area contributed by atoms with Crippen molar-refractivity contribution in [3.8, 4) is 5.75 Å². The van der Waals surface area contributed by atoms with Crippen molar-refractivity contribution in [2.24, 2.45) is 0 Å². The molecule has 1 atom stereocenters. The van der Waals surface area contributed by atoms with Gasteiger partial charge in [-0.25, -0.2) is 8.42 Å². The number of benzene rings is 1. The van der Waals surface area contributed by atoms with E-state index in [1.54, 1.807) is 0 Å². The molecule has 1 heterocycles. The third-order valence-corrected chi connectivity index (χ3v) is 4.24. The van der Waals surface area contributed by atoms with Crippen LogP contribution in [0.25, 0.3) is 0 Å². The molecule has 0 aliphatic carbocycles. The van der Waals surface area contributed by atoms with Crippen molar-refractivity contribution in [2.45, 2.75) is 17.2 Å². The number of fused-ring (bicyclic) bond motifs is 1. The molecule has 1 aromatic rings. The molecule has 0 saturated carbocycles. The number of rotatable bonds is 2. The summed E-state index contributed by atoms with van der Waals surface area (Å²) in [6.07, 6.45) is -5.88. The normalized spacial score (nSPS) is 21.7. The maximum absolute atomic E-state index is 12.0. The highest BCUT2D eigenvalue weighted by Gasteiger charge is 2.37. The van der Waals surface area contributed by atoms with E-state index in [4.69, 9.17) is 0 Å². The predicted octanol–water partition coefficient (Wildman–Crippen LogP) is 1.45. The number of hydrogen-bond donors (Lipinski definition) is 1. The molecule has 0 saturated heterocycles. The van der Waals surface area contributed by atoms with E-state index in [1.165, 1.54) is 18.2 Å². The van der Waals surface area contributed by atoms with Gasteiger partial charge in [-0.3, -0.25) is 0 Å². The summed E-state index contributed by atoms with van der Waals surface area (Å²) >= 11 is 0. The van der Waals surface area contributed by atoms with Crippen molar-refractivity contribution >= 4 is 9.84 Å². The van der Waals surface area contributed by atoms with E-state index in [2.05, 4.69) is 4.74 Å². The zero-order chi connectivity index (χ0) is 13.6. The molecule has 0 radical (unpaired) electrons. The lowest BCUT2D eigenvalue weighted by molar-refractivity contribution is -0.153. The Morgan fingerprint density at radius 3 is 2.67 bits per heavy atom. The topological polar surface area (TPSA) is 63.6 Å². The first kappa shape index (κ1) is 13.2. The molecule has 1 unspecified atom stereocenters. The van der Waals surface area contributed by atoms with Crippen LogP contribution >= 0.6 is 0 Å². The minimum atomic E-state index is -4.52. The standard InChI is InChI=1S/C10H9F3O4S/c11-10(12,13)5-17-7-2-1-3-8-9(7)6(14)4-18(8,15)16/h1-3,6,14H,4-5H2. The number of hydrogen-bond acceptors (Lipinski definition) is 4. The van der Waals surface area contributed by atoms with Gasteiger partial charge in [0.2, 0.25) is 0 Å². The van der Waals surface area contributed by atoms with Gasteiger partial charge in [0.05, 0.1) is 16.8 Å². The van der Waals surface area contributed by atoms with Crippen molar-refractivity contribution < 1.29 is 31.4 Å². The van der Waals surface area contributed by atoms with Crippen molar-refractivity contribution in [3.05, 3.63) is 23.8 Å². The first-order valence-corrected chi connectivity index (χ1v) is 6.59. The van der Waals surface area contributed by atoms with Gasteiger partial charge in [-0.2, -0.15) is 13.2 Å². The number of halogens is 3. The Labute approximate surface area is 101 Å². The van der Waals surface area contributed by atoms with Crippen molar-refractivity contribution in [1.82, 2.24) is 0 Å². The van der Waals surface area contributed by atoms with Crippen LogP contribution in [0.4, 0.5) is 13.2 Å². The number of alkyl halides is 3. The van der Waals surface area contributed by atoms with E-state index in [0.717, 1.165) is 0 Å². The summed E-state index contributed by atoms with van der Waals surface area (Å²) in [6.45, 7) is -1.53. The highest BCUT2D eigenvalue weighted by atomic mass is 32.2. The smallest absolute Gasteiger partial charge is 0.422 e. The second-order valence-corrected chi connectivity index (χ2v) is 5.87. The lowest BCUT2D eigenvalue weighted by Gasteiger charge is -2.13. The zero-order valence-electron chi connectivity index (χ0n) is 8.94. The fraction of sp³-hybridized carbons (Fsp3) is 0.400. The molecule has 0 spiro atoms. The molecule has 1 aromatic carbocycles. The van der Waals surface area contributed by atoms with Crippen molar-refractivity contribution in [2.75, 3.05) is 12.4 Å². The predicted molar refractivity (Wildman–Crippen MR) is 55.0 cm³/mol. The zero-order valence-corrected chi connectivity index (χ0v) is 9.75. The molecular weight excluding hydrogens is 273 g/mol. The van der Waals surface area contributed by atoms with Crippen LogP contribution in [0, 0.1) is 0 Å². The molecule has 1 aliphatic rings. The molecule has 1 N–H and O–H groups in total. The number of sulfone groups is 1. The number of aliphatic hydroxyl groups is 1. The highest BCUT2D eigenvalue weighted by molar-refractivity contribution is 7.91. The van der Waals surface area contributed by atoms with Gasteiger partial charge in [0.1, 0.15) is 5.75 Å². The molecular formula is C10H9F3O4S. The van der Waals surface area contributed by atoms with Crippen LogP contribution < -0.4 is 4.74 Å². The average molecular weight is 282 g/mol. The van der Waals surface area contributed by atoms with Gasteiger partial charge in [-0.05, 0) is 12.1 Å². The van der Waals surface area contributed by atoms with Gasteiger partial charge in [0.25, 0.3) is 0 Å². The SMILES string of the molecule is O=S1(=O)CC(O)c2c(OCC(F)(F)F)cccc21. The van der Waals surface area contributed by atoms with Crippen LogP contribution in [0.5, 0.6) is 5.75 Å². The number of aliphatic hydroxyl groups excluding tert-OH is 1. The van der Waals surface area contributed by atoms with E-state index in [9.17, 15) is 26.7 Å². The molecule has 0 fully saturated rings. The Hall–Kier alpha value is -1.28. The molecule has 8 heteroatoms. The Kier molecular flexibility index (Phi) is 3.02. The van der Waals surface area contributed by atoms with Gasteiger partial charge in [0.15, 0.2) is 16.4 Å². The van der Waals surface area contributed by atoms with Crippen molar-refractivity contribution in [1.29, 1.82) is 0 Å². The molecule has 100 valence electrons. The average Bonchev–Trinajstić information content (AvgIpc) is 2.46. The fourth-order valence-electron chi connectivity index (χ4n) is 1.79. The maximum Gasteiger partial charge on any atom is 0.422 e. The van der Waals surface area contributed by atoms with Crippen LogP contribution in [0.15, 0.2) is 23.1 Å².